The summed E-state index contributed by atoms with van der Waals surface area (Å²) in [5.74, 6) is -0.723. The number of benzene rings is 1. The van der Waals surface area contributed by atoms with Gasteiger partial charge in [-0.05, 0) is 12.1 Å². The van der Waals surface area contributed by atoms with E-state index in [0.717, 1.165) is 0 Å². The fourth-order valence-corrected chi connectivity index (χ4v) is 1.32. The van der Waals surface area contributed by atoms with Crippen molar-refractivity contribution in [3.05, 3.63) is 29.1 Å². The first-order chi connectivity index (χ1) is 5.68. The van der Waals surface area contributed by atoms with Gasteiger partial charge < -0.3 is 11.1 Å². The number of nitrogen functional groups attached to an aromatic ring is 1. The maximum absolute atomic E-state index is 12.7. The minimum Gasteiger partial charge on any atom is -0.398 e. The molecule has 1 aliphatic heterocycles. The maximum atomic E-state index is 12.7. The maximum Gasteiger partial charge on any atom is 0.252 e. The van der Waals surface area contributed by atoms with Crippen molar-refractivity contribution >= 4 is 11.6 Å². The largest absolute Gasteiger partial charge is 0.398 e. The third-order valence-electron chi connectivity index (χ3n) is 1.92. The van der Waals surface area contributed by atoms with Crippen molar-refractivity contribution in [1.29, 1.82) is 0 Å². The van der Waals surface area contributed by atoms with E-state index in [1.165, 1.54) is 12.1 Å². The molecule has 4 heteroatoms. The van der Waals surface area contributed by atoms with Crippen LogP contribution in [0.4, 0.5) is 10.1 Å². The minimum absolute atomic E-state index is 0.254. The zero-order valence-corrected chi connectivity index (χ0v) is 6.23. The number of nitrogens with two attached hydrogens (primary N) is 1. The lowest BCUT2D eigenvalue weighted by atomic mass is 10.1. The molecule has 0 fully saturated rings. The van der Waals surface area contributed by atoms with Crippen LogP contribution in [0.3, 0.4) is 0 Å². The van der Waals surface area contributed by atoms with Crippen molar-refractivity contribution in [2.24, 2.45) is 0 Å². The molecule has 1 heterocycles. The Balaban J connectivity index is 2.68. The van der Waals surface area contributed by atoms with Gasteiger partial charge >= 0.3 is 0 Å². The van der Waals surface area contributed by atoms with E-state index in [9.17, 15) is 9.18 Å². The predicted molar refractivity (Wildman–Crippen MR) is 42.0 cm³/mol. The highest BCUT2D eigenvalue weighted by Gasteiger charge is 2.21. The SMILES string of the molecule is Nc1cc(F)cc2c1CNC2=O. The van der Waals surface area contributed by atoms with Gasteiger partial charge in [-0.2, -0.15) is 0 Å². The molecule has 2 rings (SSSR count). The normalized spacial score (nSPS) is 14.2. The number of hydrogen-bond donors (Lipinski definition) is 2. The second kappa shape index (κ2) is 2.20. The van der Waals surface area contributed by atoms with Gasteiger partial charge in [0.1, 0.15) is 5.82 Å². The Kier molecular flexibility index (Phi) is 1.30. The monoisotopic (exact) mass is 166 g/mol. The number of rotatable bonds is 0. The number of anilines is 1. The van der Waals surface area contributed by atoms with Crippen molar-refractivity contribution in [2.45, 2.75) is 6.54 Å². The van der Waals surface area contributed by atoms with Crippen LogP contribution in [0.25, 0.3) is 0 Å². The van der Waals surface area contributed by atoms with E-state index < -0.39 is 5.82 Å². The molecule has 0 saturated heterocycles. The molecule has 1 amide bonds. The highest BCUT2D eigenvalue weighted by molar-refractivity contribution is 5.99. The van der Waals surface area contributed by atoms with Crippen LogP contribution in [0.5, 0.6) is 0 Å². The van der Waals surface area contributed by atoms with Crippen molar-refractivity contribution in [1.82, 2.24) is 5.32 Å². The molecule has 3 nitrogen and oxygen atoms in total. The first-order valence-electron chi connectivity index (χ1n) is 3.54. The fraction of sp³-hybridized carbons (Fsp3) is 0.125. The zero-order chi connectivity index (χ0) is 8.72. The van der Waals surface area contributed by atoms with Gasteiger partial charge in [0.2, 0.25) is 0 Å². The van der Waals surface area contributed by atoms with E-state index in [1.54, 1.807) is 0 Å². The molecule has 12 heavy (non-hydrogen) atoms. The van der Waals surface area contributed by atoms with Crippen LogP contribution >= 0.6 is 0 Å². The third-order valence-corrected chi connectivity index (χ3v) is 1.92. The molecule has 1 aromatic carbocycles. The highest BCUT2D eigenvalue weighted by Crippen LogP contribution is 2.22. The quantitative estimate of drug-likeness (QED) is 0.556. The molecule has 0 spiro atoms. The lowest BCUT2D eigenvalue weighted by Crippen LogP contribution is -2.12. The molecule has 3 N–H and O–H groups in total. The summed E-state index contributed by atoms with van der Waals surface area (Å²) in [6.07, 6.45) is 0. The Morgan fingerprint density at radius 1 is 1.50 bits per heavy atom. The molecule has 0 atom stereocenters. The van der Waals surface area contributed by atoms with Crippen molar-refractivity contribution < 1.29 is 9.18 Å². The summed E-state index contributed by atoms with van der Waals surface area (Å²) in [5, 5.41) is 2.57. The second-order valence-electron chi connectivity index (χ2n) is 2.70. The Morgan fingerprint density at radius 2 is 2.25 bits per heavy atom. The van der Waals surface area contributed by atoms with E-state index >= 15 is 0 Å². The van der Waals surface area contributed by atoms with Crippen molar-refractivity contribution in [3.8, 4) is 0 Å². The van der Waals surface area contributed by atoms with Crippen LogP contribution in [-0.4, -0.2) is 5.91 Å². The van der Waals surface area contributed by atoms with Crippen LogP contribution in [0, 0.1) is 5.82 Å². The first kappa shape index (κ1) is 7.09. The Morgan fingerprint density at radius 3 is 3.00 bits per heavy atom. The number of fused-ring (bicyclic) bond motifs is 1. The molecule has 62 valence electrons. The predicted octanol–water partition coefficient (Wildman–Crippen LogP) is 0.651. The molecule has 0 radical (unpaired) electrons. The van der Waals surface area contributed by atoms with Crippen molar-refractivity contribution in [2.75, 3.05) is 5.73 Å². The molecule has 0 unspecified atom stereocenters. The lowest BCUT2D eigenvalue weighted by Gasteiger charge is -2.00. The van der Waals surface area contributed by atoms with Gasteiger partial charge in [0, 0.05) is 23.4 Å². The summed E-state index contributed by atoms with van der Waals surface area (Å²) in [5.41, 5.74) is 6.89. The Bertz CT molecular complexity index is 362. The summed E-state index contributed by atoms with van der Waals surface area (Å²) in [7, 11) is 0. The van der Waals surface area contributed by atoms with Gasteiger partial charge in [-0.1, -0.05) is 0 Å². The summed E-state index contributed by atoms with van der Waals surface area (Å²) < 4.78 is 12.7. The number of amides is 1. The van der Waals surface area contributed by atoms with E-state index in [1.807, 2.05) is 0 Å². The highest BCUT2D eigenvalue weighted by atomic mass is 19.1. The van der Waals surface area contributed by atoms with E-state index in [2.05, 4.69) is 5.32 Å². The molecule has 0 bridgehead atoms. The summed E-state index contributed by atoms with van der Waals surface area (Å²) in [4.78, 5) is 11.0. The lowest BCUT2D eigenvalue weighted by molar-refractivity contribution is 0.0965. The molecule has 0 aliphatic carbocycles. The van der Waals surface area contributed by atoms with Crippen molar-refractivity contribution in [3.63, 3.8) is 0 Å². The average Bonchev–Trinajstić information content (AvgIpc) is 2.33. The van der Waals surface area contributed by atoms with Crippen LogP contribution in [0.15, 0.2) is 12.1 Å². The number of carbonyl (C=O) groups is 1. The summed E-state index contributed by atoms with van der Waals surface area (Å²) >= 11 is 0. The van der Waals surface area contributed by atoms with Gasteiger partial charge in [-0.25, -0.2) is 4.39 Å². The molecular weight excluding hydrogens is 159 g/mol. The van der Waals surface area contributed by atoms with Gasteiger partial charge in [0.15, 0.2) is 0 Å². The van der Waals surface area contributed by atoms with Crippen LogP contribution in [-0.2, 0) is 6.54 Å². The minimum atomic E-state index is -0.469. The first-order valence-corrected chi connectivity index (χ1v) is 3.54. The van der Waals surface area contributed by atoms with Crippen LogP contribution < -0.4 is 11.1 Å². The average molecular weight is 166 g/mol. The van der Waals surface area contributed by atoms with Gasteiger partial charge in [-0.15, -0.1) is 0 Å². The van der Waals surface area contributed by atoms with Crippen LogP contribution in [0.2, 0.25) is 0 Å². The van der Waals surface area contributed by atoms with Crippen LogP contribution in [0.1, 0.15) is 15.9 Å². The molecule has 0 saturated carbocycles. The standard InChI is InChI=1S/C8H7FN2O/c9-4-1-5-6(7(10)2-4)3-11-8(5)12/h1-2H,3,10H2,(H,11,12). The fourth-order valence-electron chi connectivity index (χ4n) is 1.32. The number of nitrogens with one attached hydrogen (secondary N) is 1. The third kappa shape index (κ3) is 0.845. The van der Waals surface area contributed by atoms with E-state index in [4.69, 9.17) is 5.73 Å². The van der Waals surface area contributed by atoms with E-state index in [-0.39, 0.29) is 5.91 Å². The molecular formula is C8H7FN2O. The number of halogens is 1. The summed E-state index contributed by atoms with van der Waals surface area (Å²) in [6.45, 7) is 0.403. The van der Waals surface area contributed by atoms with E-state index in [0.29, 0.717) is 23.4 Å². The molecule has 1 aliphatic rings. The summed E-state index contributed by atoms with van der Waals surface area (Å²) in [6, 6.07) is 2.42. The number of hydrogen-bond acceptors (Lipinski definition) is 2. The topological polar surface area (TPSA) is 55.1 Å². The second-order valence-corrected chi connectivity index (χ2v) is 2.70. The van der Waals surface area contributed by atoms with Gasteiger partial charge in [0.25, 0.3) is 5.91 Å². The Hall–Kier alpha value is -1.58. The molecule has 1 aromatic rings. The van der Waals surface area contributed by atoms with Gasteiger partial charge in [0.05, 0.1) is 0 Å². The Labute approximate surface area is 68.4 Å². The van der Waals surface area contributed by atoms with Gasteiger partial charge in [-0.3, -0.25) is 4.79 Å². The number of carbonyl (C=O) groups excluding carboxylic acids is 1. The smallest absolute Gasteiger partial charge is 0.252 e. The molecule has 0 aromatic heterocycles. The zero-order valence-electron chi connectivity index (χ0n) is 6.23.